The van der Waals surface area contributed by atoms with Gasteiger partial charge in [0.2, 0.25) is 0 Å². The molecule has 0 radical (unpaired) electrons. The molecule has 5 nitrogen and oxygen atoms in total. The fraction of sp³-hybridized carbons (Fsp3) is 0.467. The number of aromatic nitrogens is 4. The van der Waals surface area contributed by atoms with Gasteiger partial charge in [0.1, 0.15) is 12.2 Å². The summed E-state index contributed by atoms with van der Waals surface area (Å²) in [4.78, 5) is 20.7. The van der Waals surface area contributed by atoms with E-state index in [4.69, 9.17) is 0 Å². The van der Waals surface area contributed by atoms with Gasteiger partial charge in [-0.2, -0.15) is 5.10 Å². The molecule has 0 saturated heterocycles. The SMILES string of the molecule is CCc1cnccc1C(=O)Cc1ncnn1CC(C)C. The van der Waals surface area contributed by atoms with Gasteiger partial charge in [-0.05, 0) is 24.0 Å². The van der Waals surface area contributed by atoms with Crippen LogP contribution in [0.15, 0.2) is 24.8 Å². The summed E-state index contributed by atoms with van der Waals surface area (Å²) in [7, 11) is 0. The molecule has 0 bridgehead atoms. The summed E-state index contributed by atoms with van der Waals surface area (Å²) in [6.45, 7) is 7.03. The van der Waals surface area contributed by atoms with E-state index in [2.05, 4.69) is 28.9 Å². The first kappa shape index (κ1) is 14.4. The maximum absolute atomic E-state index is 12.4. The normalized spacial score (nSPS) is 11.0. The van der Waals surface area contributed by atoms with Gasteiger partial charge >= 0.3 is 0 Å². The molecule has 0 saturated carbocycles. The van der Waals surface area contributed by atoms with Gasteiger partial charge in [-0.1, -0.05) is 20.8 Å². The molecule has 2 rings (SSSR count). The molecule has 0 aliphatic heterocycles. The fourth-order valence-electron chi connectivity index (χ4n) is 2.14. The van der Waals surface area contributed by atoms with Crippen molar-refractivity contribution >= 4 is 5.78 Å². The maximum atomic E-state index is 12.4. The third kappa shape index (κ3) is 3.29. The van der Waals surface area contributed by atoms with E-state index in [0.29, 0.717) is 5.92 Å². The average molecular weight is 272 g/mol. The van der Waals surface area contributed by atoms with Crippen LogP contribution in [-0.4, -0.2) is 25.5 Å². The minimum Gasteiger partial charge on any atom is -0.294 e. The van der Waals surface area contributed by atoms with Gasteiger partial charge in [-0.3, -0.25) is 9.78 Å². The molecule has 0 aromatic carbocycles. The van der Waals surface area contributed by atoms with Gasteiger partial charge in [0, 0.05) is 24.5 Å². The highest BCUT2D eigenvalue weighted by atomic mass is 16.1. The number of rotatable bonds is 6. The Morgan fingerprint density at radius 1 is 1.40 bits per heavy atom. The first-order valence-electron chi connectivity index (χ1n) is 6.94. The molecule has 2 heterocycles. The molecule has 2 aromatic heterocycles. The number of nitrogens with zero attached hydrogens (tertiary/aromatic N) is 4. The van der Waals surface area contributed by atoms with Crippen LogP contribution in [0.2, 0.25) is 0 Å². The summed E-state index contributed by atoms with van der Waals surface area (Å²) < 4.78 is 1.81. The Kier molecular flexibility index (Phi) is 4.61. The monoisotopic (exact) mass is 272 g/mol. The maximum Gasteiger partial charge on any atom is 0.170 e. The minimum atomic E-state index is 0.0715. The molecule has 0 fully saturated rings. The van der Waals surface area contributed by atoms with E-state index in [1.54, 1.807) is 18.5 Å². The summed E-state index contributed by atoms with van der Waals surface area (Å²) in [6, 6.07) is 1.78. The van der Waals surface area contributed by atoms with Crippen molar-refractivity contribution in [3.63, 3.8) is 0 Å². The third-order valence-electron chi connectivity index (χ3n) is 3.14. The van der Waals surface area contributed by atoms with Gasteiger partial charge in [-0.15, -0.1) is 0 Å². The van der Waals surface area contributed by atoms with Crippen LogP contribution in [-0.2, 0) is 19.4 Å². The van der Waals surface area contributed by atoms with Crippen LogP contribution in [0.1, 0.15) is 42.5 Å². The van der Waals surface area contributed by atoms with Crippen LogP contribution < -0.4 is 0 Å². The number of ketones is 1. The molecule has 2 aromatic rings. The second-order valence-corrected chi connectivity index (χ2v) is 5.24. The van der Waals surface area contributed by atoms with Gasteiger partial charge in [0.05, 0.1) is 6.42 Å². The molecule has 0 spiro atoms. The quantitative estimate of drug-likeness (QED) is 0.757. The van der Waals surface area contributed by atoms with Crippen molar-refractivity contribution in [2.24, 2.45) is 5.92 Å². The van der Waals surface area contributed by atoms with Crippen LogP contribution in [0.4, 0.5) is 0 Å². The van der Waals surface area contributed by atoms with Gasteiger partial charge in [0.15, 0.2) is 5.78 Å². The van der Waals surface area contributed by atoms with E-state index in [0.717, 1.165) is 29.9 Å². The topological polar surface area (TPSA) is 60.7 Å². The van der Waals surface area contributed by atoms with E-state index in [1.807, 2.05) is 11.6 Å². The lowest BCUT2D eigenvalue weighted by Gasteiger charge is -2.09. The predicted octanol–water partition coefficient (Wildman–Crippen LogP) is 2.32. The highest BCUT2D eigenvalue weighted by Crippen LogP contribution is 2.12. The van der Waals surface area contributed by atoms with Crippen molar-refractivity contribution < 1.29 is 4.79 Å². The van der Waals surface area contributed by atoms with Crippen LogP contribution in [0.3, 0.4) is 0 Å². The average Bonchev–Trinajstić information content (AvgIpc) is 2.85. The molecule has 0 aliphatic carbocycles. The smallest absolute Gasteiger partial charge is 0.170 e. The number of Topliss-reactive ketones (excluding diaryl/α,β-unsaturated/α-hetero) is 1. The largest absolute Gasteiger partial charge is 0.294 e. The Hall–Kier alpha value is -2.04. The molecule has 20 heavy (non-hydrogen) atoms. The number of carbonyl (C=O) groups is 1. The van der Waals surface area contributed by atoms with Crippen molar-refractivity contribution in [3.8, 4) is 0 Å². The zero-order chi connectivity index (χ0) is 14.5. The van der Waals surface area contributed by atoms with Crippen LogP contribution >= 0.6 is 0 Å². The predicted molar refractivity (Wildman–Crippen MR) is 76.5 cm³/mol. The Labute approximate surface area is 119 Å². The molecule has 5 heteroatoms. The highest BCUT2D eigenvalue weighted by Gasteiger charge is 2.15. The molecule has 0 amide bonds. The fourth-order valence-corrected chi connectivity index (χ4v) is 2.14. The van der Waals surface area contributed by atoms with Crippen molar-refractivity contribution in [2.45, 2.75) is 40.2 Å². The van der Waals surface area contributed by atoms with Crippen molar-refractivity contribution in [3.05, 3.63) is 41.7 Å². The zero-order valence-corrected chi connectivity index (χ0v) is 12.2. The van der Waals surface area contributed by atoms with Gasteiger partial charge in [-0.25, -0.2) is 9.67 Å². The summed E-state index contributed by atoms with van der Waals surface area (Å²) in [5, 5.41) is 4.19. The Morgan fingerprint density at radius 2 is 2.20 bits per heavy atom. The second kappa shape index (κ2) is 6.41. The van der Waals surface area contributed by atoms with E-state index < -0.39 is 0 Å². The molecule has 0 aliphatic rings. The lowest BCUT2D eigenvalue weighted by Crippen LogP contribution is -2.15. The van der Waals surface area contributed by atoms with E-state index >= 15 is 0 Å². The van der Waals surface area contributed by atoms with E-state index in [9.17, 15) is 4.79 Å². The lowest BCUT2D eigenvalue weighted by molar-refractivity contribution is 0.0988. The molecular weight excluding hydrogens is 252 g/mol. The Morgan fingerprint density at radius 3 is 2.90 bits per heavy atom. The molecular formula is C15H20N4O. The third-order valence-corrected chi connectivity index (χ3v) is 3.14. The molecule has 0 atom stereocenters. The second-order valence-electron chi connectivity index (χ2n) is 5.24. The number of hydrogen-bond donors (Lipinski definition) is 0. The first-order valence-corrected chi connectivity index (χ1v) is 6.94. The summed E-state index contributed by atoms with van der Waals surface area (Å²) >= 11 is 0. The number of carbonyl (C=O) groups excluding carboxylic acids is 1. The van der Waals surface area contributed by atoms with Crippen molar-refractivity contribution in [2.75, 3.05) is 0 Å². The number of aryl methyl sites for hydroxylation is 1. The summed E-state index contributed by atoms with van der Waals surface area (Å²) in [5.74, 6) is 1.27. The Balaban J connectivity index is 2.18. The van der Waals surface area contributed by atoms with Crippen molar-refractivity contribution in [1.82, 2.24) is 19.7 Å². The van der Waals surface area contributed by atoms with Crippen LogP contribution in [0.5, 0.6) is 0 Å². The van der Waals surface area contributed by atoms with Gasteiger partial charge in [0.25, 0.3) is 0 Å². The summed E-state index contributed by atoms with van der Waals surface area (Å²) in [5.41, 5.74) is 1.72. The lowest BCUT2D eigenvalue weighted by atomic mass is 10.0. The Bertz CT molecular complexity index is 589. The van der Waals surface area contributed by atoms with E-state index in [-0.39, 0.29) is 12.2 Å². The summed E-state index contributed by atoms with van der Waals surface area (Å²) in [6.07, 6.45) is 6.01. The number of hydrogen-bond acceptors (Lipinski definition) is 4. The van der Waals surface area contributed by atoms with E-state index in [1.165, 1.54) is 6.33 Å². The zero-order valence-electron chi connectivity index (χ0n) is 12.2. The standard InChI is InChI=1S/C15H20N4O/c1-4-12-8-16-6-5-13(12)14(20)7-15-17-10-18-19(15)9-11(2)3/h5-6,8,10-11H,4,7,9H2,1-3H3. The highest BCUT2D eigenvalue weighted by molar-refractivity contribution is 5.98. The molecule has 0 unspecified atom stereocenters. The molecule has 106 valence electrons. The van der Waals surface area contributed by atoms with Crippen LogP contribution in [0, 0.1) is 5.92 Å². The van der Waals surface area contributed by atoms with Crippen molar-refractivity contribution in [1.29, 1.82) is 0 Å². The van der Waals surface area contributed by atoms with Crippen LogP contribution in [0.25, 0.3) is 0 Å². The minimum absolute atomic E-state index is 0.0715. The van der Waals surface area contributed by atoms with Gasteiger partial charge < -0.3 is 0 Å². The number of pyridine rings is 1. The first-order chi connectivity index (χ1) is 9.61. The molecule has 0 N–H and O–H groups in total.